The molecular weight excluding hydrogens is 405 g/mol. The first-order chi connectivity index (χ1) is 10.5. The zero-order valence-electron chi connectivity index (χ0n) is 11.6. The van der Waals surface area contributed by atoms with E-state index in [1.807, 2.05) is 30.3 Å². The summed E-state index contributed by atoms with van der Waals surface area (Å²) in [6.07, 6.45) is 0.305. The maximum Gasteiger partial charge on any atom is 0.224 e. The summed E-state index contributed by atoms with van der Waals surface area (Å²) in [5, 5.41) is 3.87. The summed E-state index contributed by atoms with van der Waals surface area (Å²) in [7, 11) is 0. The van der Waals surface area contributed by atoms with Crippen molar-refractivity contribution in [2.45, 2.75) is 11.3 Å². The number of amides is 1. The minimum atomic E-state index is -0.0187. The molecule has 116 valence electrons. The molecule has 0 aliphatic carbocycles. The van der Waals surface area contributed by atoms with Crippen molar-refractivity contribution in [1.82, 2.24) is 5.32 Å². The van der Waals surface area contributed by atoms with Gasteiger partial charge in [-0.2, -0.15) is 0 Å². The zero-order valence-corrected chi connectivity index (χ0v) is 15.5. The van der Waals surface area contributed by atoms with Crippen LogP contribution in [-0.2, 0) is 11.2 Å². The topological polar surface area (TPSA) is 29.1 Å². The summed E-state index contributed by atoms with van der Waals surface area (Å²) >= 11 is 16.9. The number of carbonyl (C=O) groups is 1. The highest BCUT2D eigenvalue weighted by Crippen LogP contribution is 2.23. The van der Waals surface area contributed by atoms with Crippen molar-refractivity contribution >= 4 is 56.8 Å². The largest absolute Gasteiger partial charge is 0.355 e. The molecule has 0 fully saturated rings. The minimum absolute atomic E-state index is 0.0187. The average Bonchev–Trinajstić information content (AvgIpc) is 2.49. The first-order valence-corrected chi connectivity index (χ1v) is 9.17. The Hall–Kier alpha value is -0.680. The Kier molecular flexibility index (Phi) is 7.09. The molecule has 6 heteroatoms. The second-order valence-electron chi connectivity index (χ2n) is 4.58. The molecule has 0 radical (unpaired) electrons. The molecule has 0 aliphatic rings. The summed E-state index contributed by atoms with van der Waals surface area (Å²) in [4.78, 5) is 13.0. The first-order valence-electron chi connectivity index (χ1n) is 6.63. The van der Waals surface area contributed by atoms with Gasteiger partial charge < -0.3 is 5.32 Å². The third kappa shape index (κ3) is 5.84. The van der Waals surface area contributed by atoms with Gasteiger partial charge in [0.15, 0.2) is 0 Å². The predicted octanol–water partition coefficient (Wildman–Crippen LogP) is 5.21. The van der Waals surface area contributed by atoms with E-state index in [9.17, 15) is 4.79 Å². The predicted molar refractivity (Wildman–Crippen MR) is 98.0 cm³/mol. The number of halogens is 3. The van der Waals surface area contributed by atoms with Gasteiger partial charge in [-0.1, -0.05) is 45.2 Å². The number of hydrogen-bond donors (Lipinski definition) is 1. The number of carbonyl (C=O) groups excluding carboxylic acids is 1. The number of rotatable bonds is 6. The lowest BCUT2D eigenvalue weighted by Gasteiger charge is -2.06. The molecule has 0 aliphatic heterocycles. The smallest absolute Gasteiger partial charge is 0.224 e. The van der Waals surface area contributed by atoms with Gasteiger partial charge in [-0.25, -0.2) is 0 Å². The molecule has 0 heterocycles. The van der Waals surface area contributed by atoms with Gasteiger partial charge in [0.05, 0.1) is 16.5 Å². The maximum atomic E-state index is 11.9. The van der Waals surface area contributed by atoms with Gasteiger partial charge in [-0.15, -0.1) is 11.8 Å². The van der Waals surface area contributed by atoms with E-state index in [0.29, 0.717) is 23.0 Å². The summed E-state index contributed by atoms with van der Waals surface area (Å²) in [5.74, 6) is 0.809. The van der Waals surface area contributed by atoms with Gasteiger partial charge >= 0.3 is 0 Å². The molecule has 2 aromatic carbocycles. The second-order valence-corrected chi connectivity index (χ2v) is 7.48. The van der Waals surface area contributed by atoms with Crippen LogP contribution in [0, 0.1) is 0 Å². The van der Waals surface area contributed by atoms with Crippen molar-refractivity contribution in [2.75, 3.05) is 12.3 Å². The quantitative estimate of drug-likeness (QED) is 0.515. The monoisotopic (exact) mass is 417 g/mol. The Labute approximate surface area is 152 Å². The van der Waals surface area contributed by atoms with Crippen LogP contribution in [0.5, 0.6) is 0 Å². The summed E-state index contributed by atoms with van der Waals surface area (Å²) in [6, 6.07) is 13.3. The summed E-state index contributed by atoms with van der Waals surface area (Å²) in [6.45, 7) is 0.626. The standard InChI is InChI=1S/C16H14BrCl2NOS/c17-12-2-4-13(5-3-12)22-8-7-20-16(21)10-11-1-6-14(18)15(19)9-11/h1-6,9H,7-8,10H2,(H,20,21). The molecule has 1 amide bonds. The van der Waals surface area contributed by atoms with Crippen LogP contribution in [0.4, 0.5) is 0 Å². The number of thioether (sulfide) groups is 1. The van der Waals surface area contributed by atoms with Crippen molar-refractivity contribution in [3.05, 3.63) is 62.5 Å². The van der Waals surface area contributed by atoms with Crippen molar-refractivity contribution < 1.29 is 4.79 Å². The fraction of sp³-hybridized carbons (Fsp3) is 0.188. The fourth-order valence-electron chi connectivity index (χ4n) is 1.79. The SMILES string of the molecule is O=C(Cc1ccc(Cl)c(Cl)c1)NCCSc1ccc(Br)cc1. The van der Waals surface area contributed by atoms with Crippen LogP contribution in [-0.4, -0.2) is 18.2 Å². The average molecular weight is 419 g/mol. The van der Waals surface area contributed by atoms with E-state index in [1.54, 1.807) is 23.9 Å². The van der Waals surface area contributed by atoms with E-state index >= 15 is 0 Å². The molecule has 0 spiro atoms. The van der Waals surface area contributed by atoms with E-state index < -0.39 is 0 Å². The molecule has 0 unspecified atom stereocenters. The van der Waals surface area contributed by atoms with E-state index in [-0.39, 0.29) is 5.91 Å². The van der Waals surface area contributed by atoms with Gasteiger partial charge in [-0.05, 0) is 42.0 Å². The Morgan fingerprint density at radius 3 is 2.50 bits per heavy atom. The number of benzene rings is 2. The Morgan fingerprint density at radius 2 is 1.82 bits per heavy atom. The van der Waals surface area contributed by atoms with Crippen molar-refractivity contribution in [3.63, 3.8) is 0 Å². The van der Waals surface area contributed by atoms with Crippen molar-refractivity contribution in [1.29, 1.82) is 0 Å². The molecular formula is C16H14BrCl2NOS. The highest BCUT2D eigenvalue weighted by atomic mass is 79.9. The zero-order chi connectivity index (χ0) is 15.9. The van der Waals surface area contributed by atoms with Crippen LogP contribution >= 0.6 is 50.9 Å². The lowest BCUT2D eigenvalue weighted by molar-refractivity contribution is -0.120. The van der Waals surface area contributed by atoms with Gasteiger partial charge in [0, 0.05) is 21.7 Å². The normalized spacial score (nSPS) is 10.5. The molecule has 0 saturated carbocycles. The molecule has 1 N–H and O–H groups in total. The Morgan fingerprint density at radius 1 is 1.09 bits per heavy atom. The second kappa shape index (κ2) is 8.82. The fourth-order valence-corrected chi connectivity index (χ4v) is 3.14. The summed E-state index contributed by atoms with van der Waals surface area (Å²) in [5.41, 5.74) is 0.854. The third-order valence-electron chi connectivity index (χ3n) is 2.86. The lowest BCUT2D eigenvalue weighted by atomic mass is 10.1. The van der Waals surface area contributed by atoms with E-state index in [4.69, 9.17) is 23.2 Å². The van der Waals surface area contributed by atoms with Crippen LogP contribution in [0.15, 0.2) is 51.8 Å². The Balaban J connectivity index is 1.71. The maximum absolute atomic E-state index is 11.9. The van der Waals surface area contributed by atoms with E-state index in [2.05, 4.69) is 21.2 Å². The van der Waals surface area contributed by atoms with Gasteiger partial charge in [0.2, 0.25) is 5.91 Å². The number of nitrogens with one attached hydrogen (secondary N) is 1. The molecule has 0 atom stereocenters. The van der Waals surface area contributed by atoms with Crippen LogP contribution in [0.3, 0.4) is 0 Å². The minimum Gasteiger partial charge on any atom is -0.355 e. The highest BCUT2D eigenvalue weighted by molar-refractivity contribution is 9.10. The molecule has 0 bridgehead atoms. The van der Waals surface area contributed by atoms with Crippen LogP contribution < -0.4 is 5.32 Å². The van der Waals surface area contributed by atoms with Gasteiger partial charge in [0.25, 0.3) is 0 Å². The molecule has 0 saturated heterocycles. The first kappa shape index (κ1) is 17.7. The van der Waals surface area contributed by atoms with Gasteiger partial charge in [-0.3, -0.25) is 4.79 Å². The van der Waals surface area contributed by atoms with Crippen LogP contribution in [0.2, 0.25) is 10.0 Å². The third-order valence-corrected chi connectivity index (χ3v) is 5.14. The van der Waals surface area contributed by atoms with Crippen molar-refractivity contribution in [2.24, 2.45) is 0 Å². The van der Waals surface area contributed by atoms with E-state index in [1.165, 1.54) is 4.90 Å². The Bertz CT molecular complexity index is 649. The van der Waals surface area contributed by atoms with Crippen LogP contribution in [0.1, 0.15) is 5.56 Å². The highest BCUT2D eigenvalue weighted by Gasteiger charge is 2.05. The molecule has 22 heavy (non-hydrogen) atoms. The molecule has 2 rings (SSSR count). The van der Waals surface area contributed by atoms with E-state index in [0.717, 1.165) is 15.8 Å². The van der Waals surface area contributed by atoms with Crippen molar-refractivity contribution in [3.8, 4) is 0 Å². The van der Waals surface area contributed by atoms with Gasteiger partial charge in [0.1, 0.15) is 0 Å². The number of hydrogen-bond acceptors (Lipinski definition) is 2. The molecule has 0 aromatic heterocycles. The summed E-state index contributed by atoms with van der Waals surface area (Å²) < 4.78 is 1.06. The lowest BCUT2D eigenvalue weighted by Crippen LogP contribution is -2.27. The molecule has 2 nitrogen and oxygen atoms in total. The molecule has 2 aromatic rings. The van der Waals surface area contributed by atoms with Crippen LogP contribution in [0.25, 0.3) is 0 Å².